The normalized spacial score (nSPS) is 18.2. The average Bonchev–Trinajstić information content (AvgIpc) is 3.03. The SMILES string of the molecule is CCC1CCCN(C(=O)Cc2csc(-c3cccc(C)c3)n2)C1. The Bertz CT molecular complexity index is 680. The number of thiazole rings is 1. The number of piperidine rings is 1. The van der Waals surface area contributed by atoms with Crippen LogP contribution in [0.3, 0.4) is 0 Å². The molecule has 0 spiro atoms. The van der Waals surface area contributed by atoms with Crippen molar-refractivity contribution in [3.63, 3.8) is 0 Å². The second-order valence-corrected chi connectivity index (χ2v) is 7.30. The largest absolute Gasteiger partial charge is 0.342 e. The van der Waals surface area contributed by atoms with Crippen LogP contribution < -0.4 is 0 Å². The van der Waals surface area contributed by atoms with Gasteiger partial charge in [0.05, 0.1) is 12.1 Å². The quantitative estimate of drug-likeness (QED) is 0.838. The van der Waals surface area contributed by atoms with E-state index in [2.05, 4.69) is 43.1 Å². The van der Waals surface area contributed by atoms with Crippen LogP contribution in [0.4, 0.5) is 0 Å². The molecule has 1 aliphatic heterocycles. The summed E-state index contributed by atoms with van der Waals surface area (Å²) in [6.07, 6.45) is 3.99. The Labute approximate surface area is 142 Å². The zero-order chi connectivity index (χ0) is 16.2. The van der Waals surface area contributed by atoms with E-state index in [0.717, 1.165) is 42.2 Å². The lowest BCUT2D eigenvalue weighted by atomic mass is 9.95. The molecule has 1 aromatic heterocycles. The van der Waals surface area contributed by atoms with Crippen molar-refractivity contribution in [1.82, 2.24) is 9.88 Å². The lowest BCUT2D eigenvalue weighted by molar-refractivity contribution is -0.132. The number of hydrogen-bond acceptors (Lipinski definition) is 3. The number of rotatable bonds is 4. The lowest BCUT2D eigenvalue weighted by Gasteiger charge is -2.32. The summed E-state index contributed by atoms with van der Waals surface area (Å²) in [6.45, 7) is 6.13. The highest BCUT2D eigenvalue weighted by Crippen LogP contribution is 2.25. The fourth-order valence-corrected chi connectivity index (χ4v) is 4.01. The highest BCUT2D eigenvalue weighted by Gasteiger charge is 2.23. The van der Waals surface area contributed by atoms with Crippen LogP contribution in [0.15, 0.2) is 29.6 Å². The van der Waals surface area contributed by atoms with E-state index in [1.165, 1.54) is 12.0 Å². The molecule has 0 aliphatic carbocycles. The summed E-state index contributed by atoms with van der Waals surface area (Å²) < 4.78 is 0. The lowest BCUT2D eigenvalue weighted by Crippen LogP contribution is -2.40. The number of likely N-dealkylation sites (tertiary alicyclic amines) is 1. The third-order valence-electron chi connectivity index (χ3n) is 4.60. The third kappa shape index (κ3) is 3.99. The van der Waals surface area contributed by atoms with E-state index in [1.54, 1.807) is 11.3 Å². The first-order valence-corrected chi connectivity index (χ1v) is 9.33. The Morgan fingerprint density at radius 2 is 2.30 bits per heavy atom. The molecule has 0 radical (unpaired) electrons. The third-order valence-corrected chi connectivity index (χ3v) is 5.54. The molecule has 4 heteroatoms. The van der Waals surface area contributed by atoms with Crippen molar-refractivity contribution < 1.29 is 4.79 Å². The van der Waals surface area contributed by atoms with Crippen LogP contribution in [0.25, 0.3) is 10.6 Å². The minimum atomic E-state index is 0.226. The van der Waals surface area contributed by atoms with Gasteiger partial charge in [-0.1, -0.05) is 37.1 Å². The average molecular weight is 328 g/mol. The molecule has 1 aliphatic rings. The fraction of sp³-hybridized carbons (Fsp3) is 0.474. The maximum atomic E-state index is 12.5. The predicted octanol–water partition coefficient (Wildman–Crippen LogP) is 4.31. The summed E-state index contributed by atoms with van der Waals surface area (Å²) in [7, 11) is 0. The van der Waals surface area contributed by atoms with Crippen molar-refractivity contribution in [2.75, 3.05) is 13.1 Å². The summed E-state index contributed by atoms with van der Waals surface area (Å²) in [5, 5.41) is 3.03. The van der Waals surface area contributed by atoms with Crippen molar-refractivity contribution in [2.24, 2.45) is 5.92 Å². The molecule has 2 heterocycles. The Morgan fingerprint density at radius 3 is 3.09 bits per heavy atom. The van der Waals surface area contributed by atoms with Gasteiger partial charge >= 0.3 is 0 Å². The van der Waals surface area contributed by atoms with Crippen LogP contribution in [-0.2, 0) is 11.2 Å². The molecule has 23 heavy (non-hydrogen) atoms. The fourth-order valence-electron chi connectivity index (χ4n) is 3.19. The topological polar surface area (TPSA) is 33.2 Å². The van der Waals surface area contributed by atoms with Gasteiger partial charge in [0.25, 0.3) is 0 Å². The molecule has 3 rings (SSSR count). The van der Waals surface area contributed by atoms with Crippen LogP contribution in [0.2, 0.25) is 0 Å². The first kappa shape index (κ1) is 16.2. The Morgan fingerprint density at radius 1 is 1.43 bits per heavy atom. The van der Waals surface area contributed by atoms with Crippen LogP contribution in [0.1, 0.15) is 37.4 Å². The minimum Gasteiger partial charge on any atom is -0.342 e. The number of carbonyl (C=O) groups is 1. The smallest absolute Gasteiger partial charge is 0.228 e. The van der Waals surface area contributed by atoms with Crippen LogP contribution >= 0.6 is 11.3 Å². The van der Waals surface area contributed by atoms with E-state index < -0.39 is 0 Å². The Kier molecular flexibility index (Phi) is 5.11. The number of benzene rings is 1. The minimum absolute atomic E-state index is 0.226. The van der Waals surface area contributed by atoms with E-state index in [4.69, 9.17) is 0 Å². The first-order chi connectivity index (χ1) is 11.2. The highest BCUT2D eigenvalue weighted by atomic mass is 32.1. The summed E-state index contributed by atoms with van der Waals surface area (Å²) >= 11 is 1.62. The molecule has 1 fully saturated rings. The molecular weight excluding hydrogens is 304 g/mol. The van der Waals surface area contributed by atoms with Gasteiger partial charge < -0.3 is 4.90 Å². The van der Waals surface area contributed by atoms with Gasteiger partial charge in [-0.2, -0.15) is 0 Å². The molecule has 1 amide bonds. The molecule has 0 saturated carbocycles. The molecule has 1 aromatic carbocycles. The van der Waals surface area contributed by atoms with Gasteiger partial charge in [-0.05, 0) is 31.7 Å². The maximum Gasteiger partial charge on any atom is 0.228 e. The van der Waals surface area contributed by atoms with E-state index >= 15 is 0 Å². The molecule has 0 bridgehead atoms. The maximum absolute atomic E-state index is 12.5. The van der Waals surface area contributed by atoms with E-state index in [0.29, 0.717) is 12.3 Å². The second kappa shape index (κ2) is 7.26. The van der Waals surface area contributed by atoms with Gasteiger partial charge in [0.2, 0.25) is 5.91 Å². The van der Waals surface area contributed by atoms with Crippen molar-refractivity contribution in [3.05, 3.63) is 40.9 Å². The second-order valence-electron chi connectivity index (χ2n) is 6.45. The molecule has 122 valence electrons. The van der Waals surface area contributed by atoms with Crippen molar-refractivity contribution >= 4 is 17.2 Å². The molecule has 0 N–H and O–H groups in total. The monoisotopic (exact) mass is 328 g/mol. The van der Waals surface area contributed by atoms with Gasteiger partial charge in [0.1, 0.15) is 5.01 Å². The Balaban J connectivity index is 1.66. The zero-order valence-electron chi connectivity index (χ0n) is 13.9. The van der Waals surface area contributed by atoms with Crippen molar-refractivity contribution in [1.29, 1.82) is 0 Å². The molecule has 2 aromatic rings. The summed E-state index contributed by atoms with van der Waals surface area (Å²) in [6, 6.07) is 8.35. The van der Waals surface area contributed by atoms with Crippen molar-refractivity contribution in [3.8, 4) is 10.6 Å². The standard InChI is InChI=1S/C19H24N2OS/c1-3-15-7-5-9-21(12-15)18(22)11-17-13-23-19(20-17)16-8-4-6-14(2)10-16/h4,6,8,10,13,15H,3,5,7,9,11-12H2,1-2H3. The number of amides is 1. The number of nitrogens with zero attached hydrogens (tertiary/aromatic N) is 2. The van der Waals surface area contributed by atoms with Crippen LogP contribution in [-0.4, -0.2) is 28.9 Å². The number of aryl methyl sites for hydroxylation is 1. The van der Waals surface area contributed by atoms with Crippen LogP contribution in [0.5, 0.6) is 0 Å². The van der Waals surface area contributed by atoms with Gasteiger partial charge in [-0.3, -0.25) is 4.79 Å². The van der Waals surface area contributed by atoms with E-state index in [-0.39, 0.29) is 5.91 Å². The molecule has 3 nitrogen and oxygen atoms in total. The van der Waals surface area contributed by atoms with Crippen LogP contribution in [0, 0.1) is 12.8 Å². The molecule has 1 saturated heterocycles. The van der Waals surface area contributed by atoms with E-state index in [1.807, 2.05) is 10.3 Å². The van der Waals surface area contributed by atoms with Crippen molar-refractivity contribution in [2.45, 2.75) is 39.5 Å². The van der Waals surface area contributed by atoms with Gasteiger partial charge in [-0.15, -0.1) is 11.3 Å². The van der Waals surface area contributed by atoms with Gasteiger partial charge in [0.15, 0.2) is 0 Å². The number of carbonyl (C=O) groups excluding carboxylic acids is 1. The number of aromatic nitrogens is 1. The highest BCUT2D eigenvalue weighted by molar-refractivity contribution is 7.13. The summed E-state index contributed by atoms with van der Waals surface area (Å²) in [5.74, 6) is 0.898. The van der Waals surface area contributed by atoms with Gasteiger partial charge in [0, 0.05) is 24.0 Å². The molecule has 1 unspecified atom stereocenters. The molecular formula is C19H24N2OS. The number of hydrogen-bond donors (Lipinski definition) is 0. The summed E-state index contributed by atoms with van der Waals surface area (Å²) in [4.78, 5) is 19.2. The zero-order valence-corrected chi connectivity index (χ0v) is 14.7. The molecule has 1 atom stereocenters. The summed E-state index contributed by atoms with van der Waals surface area (Å²) in [5.41, 5.74) is 3.27. The predicted molar refractivity (Wildman–Crippen MR) is 95.6 cm³/mol. The first-order valence-electron chi connectivity index (χ1n) is 8.45. The Hall–Kier alpha value is -1.68. The van der Waals surface area contributed by atoms with E-state index in [9.17, 15) is 4.79 Å². The van der Waals surface area contributed by atoms with Gasteiger partial charge in [-0.25, -0.2) is 4.98 Å².